The lowest BCUT2D eigenvalue weighted by molar-refractivity contribution is -0.114. The van der Waals surface area contributed by atoms with Crippen molar-refractivity contribution in [2.24, 2.45) is 0 Å². The van der Waals surface area contributed by atoms with Crippen LogP contribution in [0.3, 0.4) is 0 Å². The normalized spacial score (nSPS) is 9.77. The minimum atomic E-state index is -0.431. The summed E-state index contributed by atoms with van der Waals surface area (Å²) in [5.74, 6) is 2.12. The van der Waals surface area contributed by atoms with Gasteiger partial charge in [-0.2, -0.15) is 0 Å². The SMILES string of the molecule is CC(=O)Nc1cc(F)ccc1Oc1ccccc1.CCc1cc(OC)ccc1OC. The molecule has 3 rings (SSSR count). The summed E-state index contributed by atoms with van der Waals surface area (Å²) in [5.41, 5.74) is 1.49. The van der Waals surface area contributed by atoms with Crippen molar-refractivity contribution in [3.8, 4) is 23.0 Å². The summed E-state index contributed by atoms with van der Waals surface area (Å²) >= 11 is 0. The van der Waals surface area contributed by atoms with Gasteiger partial charge in [0.15, 0.2) is 5.75 Å². The average Bonchev–Trinajstić information content (AvgIpc) is 2.76. The third-order valence-electron chi connectivity index (χ3n) is 4.09. The lowest BCUT2D eigenvalue weighted by Crippen LogP contribution is -2.07. The Morgan fingerprint density at radius 3 is 2.20 bits per heavy atom. The minimum absolute atomic E-state index is 0.279. The first-order chi connectivity index (χ1) is 14.5. The van der Waals surface area contributed by atoms with E-state index in [4.69, 9.17) is 14.2 Å². The zero-order chi connectivity index (χ0) is 21.9. The van der Waals surface area contributed by atoms with Crippen LogP contribution in [-0.4, -0.2) is 20.1 Å². The number of anilines is 1. The Balaban J connectivity index is 0.000000232. The monoisotopic (exact) mass is 411 g/mol. The highest BCUT2D eigenvalue weighted by molar-refractivity contribution is 5.90. The van der Waals surface area contributed by atoms with Gasteiger partial charge in [-0.25, -0.2) is 4.39 Å². The molecule has 0 aliphatic heterocycles. The number of benzene rings is 3. The number of hydrogen-bond donors (Lipinski definition) is 1. The molecular formula is C24H26FNO4. The highest BCUT2D eigenvalue weighted by Crippen LogP contribution is 2.30. The van der Waals surface area contributed by atoms with E-state index in [1.807, 2.05) is 36.4 Å². The highest BCUT2D eigenvalue weighted by atomic mass is 19.1. The zero-order valence-corrected chi connectivity index (χ0v) is 17.6. The van der Waals surface area contributed by atoms with Crippen LogP contribution in [0.5, 0.6) is 23.0 Å². The van der Waals surface area contributed by atoms with Gasteiger partial charge >= 0.3 is 0 Å². The van der Waals surface area contributed by atoms with Crippen molar-refractivity contribution < 1.29 is 23.4 Å². The summed E-state index contributed by atoms with van der Waals surface area (Å²) in [5, 5.41) is 2.53. The number of halogens is 1. The molecule has 0 aromatic heterocycles. The maximum Gasteiger partial charge on any atom is 0.221 e. The number of carbonyl (C=O) groups excluding carboxylic acids is 1. The summed E-state index contributed by atoms with van der Waals surface area (Å²) in [7, 11) is 3.35. The van der Waals surface area contributed by atoms with E-state index in [2.05, 4.69) is 12.2 Å². The molecule has 0 aliphatic rings. The minimum Gasteiger partial charge on any atom is -0.497 e. The van der Waals surface area contributed by atoms with E-state index in [9.17, 15) is 9.18 Å². The quantitative estimate of drug-likeness (QED) is 0.553. The molecule has 158 valence electrons. The summed E-state index contributed by atoms with van der Waals surface area (Å²) < 4.78 is 29.0. The summed E-state index contributed by atoms with van der Waals surface area (Å²) in [6, 6.07) is 18.9. The van der Waals surface area contributed by atoms with Crippen molar-refractivity contribution in [3.63, 3.8) is 0 Å². The molecule has 0 atom stereocenters. The van der Waals surface area contributed by atoms with Crippen LogP contribution < -0.4 is 19.5 Å². The summed E-state index contributed by atoms with van der Waals surface area (Å²) in [4.78, 5) is 11.0. The first kappa shape index (κ1) is 22.7. The highest BCUT2D eigenvalue weighted by Gasteiger charge is 2.08. The Morgan fingerprint density at radius 2 is 1.60 bits per heavy atom. The molecule has 0 radical (unpaired) electrons. The molecule has 3 aromatic carbocycles. The smallest absolute Gasteiger partial charge is 0.221 e. The Kier molecular flexibility index (Phi) is 8.69. The van der Waals surface area contributed by atoms with Gasteiger partial charge in [-0.15, -0.1) is 0 Å². The molecule has 0 saturated heterocycles. The number of para-hydroxylation sites is 1. The van der Waals surface area contributed by atoms with E-state index in [0.29, 0.717) is 17.2 Å². The molecule has 0 aliphatic carbocycles. The molecule has 0 heterocycles. The molecule has 0 unspecified atom stereocenters. The number of amides is 1. The van der Waals surface area contributed by atoms with Crippen LogP contribution in [0.1, 0.15) is 19.4 Å². The van der Waals surface area contributed by atoms with Gasteiger partial charge in [-0.3, -0.25) is 4.79 Å². The summed E-state index contributed by atoms with van der Waals surface area (Å²) in [6.07, 6.45) is 0.959. The number of carbonyl (C=O) groups is 1. The van der Waals surface area contributed by atoms with Crippen molar-refractivity contribution in [1.82, 2.24) is 0 Å². The van der Waals surface area contributed by atoms with Crippen molar-refractivity contribution >= 4 is 11.6 Å². The zero-order valence-electron chi connectivity index (χ0n) is 17.6. The molecule has 0 saturated carbocycles. The van der Waals surface area contributed by atoms with Crippen LogP contribution in [0.2, 0.25) is 0 Å². The van der Waals surface area contributed by atoms with Gasteiger partial charge < -0.3 is 19.5 Å². The van der Waals surface area contributed by atoms with Gasteiger partial charge in [-0.05, 0) is 54.4 Å². The average molecular weight is 411 g/mol. The third kappa shape index (κ3) is 6.81. The number of nitrogens with one attached hydrogen (secondary N) is 1. The van der Waals surface area contributed by atoms with E-state index in [-0.39, 0.29) is 5.91 Å². The van der Waals surface area contributed by atoms with Crippen molar-refractivity contribution in [2.45, 2.75) is 20.3 Å². The lowest BCUT2D eigenvalue weighted by atomic mass is 10.1. The predicted molar refractivity (Wildman–Crippen MR) is 116 cm³/mol. The Bertz CT molecular complexity index is 961. The lowest BCUT2D eigenvalue weighted by Gasteiger charge is -2.11. The van der Waals surface area contributed by atoms with Crippen molar-refractivity contribution in [3.05, 3.63) is 78.1 Å². The number of methoxy groups -OCH3 is 2. The standard InChI is InChI=1S/C14H12FNO2.C10H14O2/c1-10(17)16-13-9-11(15)7-8-14(13)18-12-5-3-2-4-6-12;1-4-8-7-9(11-2)5-6-10(8)12-3/h2-9H,1H3,(H,16,17);5-7H,4H2,1-3H3. The molecule has 30 heavy (non-hydrogen) atoms. The number of hydrogen-bond acceptors (Lipinski definition) is 4. The van der Waals surface area contributed by atoms with Gasteiger partial charge in [0.1, 0.15) is 23.1 Å². The first-order valence-electron chi connectivity index (χ1n) is 9.47. The molecule has 3 aromatic rings. The largest absolute Gasteiger partial charge is 0.497 e. The van der Waals surface area contributed by atoms with E-state index in [0.717, 1.165) is 17.9 Å². The van der Waals surface area contributed by atoms with Gasteiger partial charge in [0.25, 0.3) is 0 Å². The molecule has 1 amide bonds. The fourth-order valence-electron chi connectivity index (χ4n) is 2.65. The van der Waals surface area contributed by atoms with Crippen LogP contribution in [-0.2, 0) is 11.2 Å². The first-order valence-corrected chi connectivity index (χ1v) is 9.47. The topological polar surface area (TPSA) is 56.8 Å². The van der Waals surface area contributed by atoms with Crippen molar-refractivity contribution in [1.29, 1.82) is 0 Å². The molecule has 0 bridgehead atoms. The van der Waals surface area contributed by atoms with Gasteiger partial charge in [0.2, 0.25) is 5.91 Å². The van der Waals surface area contributed by atoms with E-state index < -0.39 is 5.82 Å². The number of aryl methyl sites for hydroxylation is 1. The maximum atomic E-state index is 13.1. The second kappa shape index (κ2) is 11.5. The molecule has 0 fully saturated rings. The Labute approximate surface area is 176 Å². The predicted octanol–water partition coefficient (Wildman–Crippen LogP) is 5.84. The summed E-state index contributed by atoms with van der Waals surface area (Å²) in [6.45, 7) is 3.45. The van der Waals surface area contributed by atoms with Crippen LogP contribution in [0.15, 0.2) is 66.7 Å². The van der Waals surface area contributed by atoms with E-state index in [1.165, 1.54) is 30.7 Å². The molecule has 1 N–H and O–H groups in total. The van der Waals surface area contributed by atoms with Crippen LogP contribution in [0.4, 0.5) is 10.1 Å². The molecule has 0 spiro atoms. The number of rotatable bonds is 6. The number of ether oxygens (including phenoxy) is 3. The van der Waals surface area contributed by atoms with Crippen molar-refractivity contribution in [2.75, 3.05) is 19.5 Å². The Hall–Kier alpha value is -3.54. The van der Waals surface area contributed by atoms with Crippen LogP contribution in [0.25, 0.3) is 0 Å². The fraction of sp³-hybridized carbons (Fsp3) is 0.208. The molecular weight excluding hydrogens is 385 g/mol. The second-order valence-corrected chi connectivity index (χ2v) is 6.27. The second-order valence-electron chi connectivity index (χ2n) is 6.27. The molecule has 5 nitrogen and oxygen atoms in total. The van der Waals surface area contributed by atoms with Crippen LogP contribution in [0, 0.1) is 5.82 Å². The van der Waals surface area contributed by atoms with E-state index >= 15 is 0 Å². The van der Waals surface area contributed by atoms with Crippen LogP contribution >= 0.6 is 0 Å². The van der Waals surface area contributed by atoms with Gasteiger partial charge in [0.05, 0.1) is 19.9 Å². The van der Waals surface area contributed by atoms with Gasteiger partial charge in [-0.1, -0.05) is 25.1 Å². The van der Waals surface area contributed by atoms with Gasteiger partial charge in [0, 0.05) is 13.0 Å². The fourth-order valence-corrected chi connectivity index (χ4v) is 2.65. The van der Waals surface area contributed by atoms with E-state index in [1.54, 1.807) is 26.4 Å². The molecule has 6 heteroatoms. The maximum absolute atomic E-state index is 13.1. The third-order valence-corrected chi connectivity index (χ3v) is 4.09. The Morgan fingerprint density at radius 1 is 0.900 bits per heavy atom.